The summed E-state index contributed by atoms with van der Waals surface area (Å²) >= 11 is -0.826. The quantitative estimate of drug-likeness (QED) is 0.166. The van der Waals surface area contributed by atoms with Crippen LogP contribution < -0.4 is 0 Å². The van der Waals surface area contributed by atoms with E-state index in [0.29, 0.717) is 0 Å². The van der Waals surface area contributed by atoms with Gasteiger partial charge in [0.1, 0.15) is 0 Å². The third kappa shape index (κ3) is 9.06. The van der Waals surface area contributed by atoms with Crippen molar-refractivity contribution in [3.63, 3.8) is 0 Å². The van der Waals surface area contributed by atoms with E-state index in [1.807, 2.05) is 6.07 Å². The summed E-state index contributed by atoms with van der Waals surface area (Å²) in [5.74, 6) is 0. The largest absolute Gasteiger partial charge is 0.168 e. The van der Waals surface area contributed by atoms with Crippen LogP contribution in [0.1, 0.15) is 5.56 Å². The molecular formula is C26H23Cl2SiZr. The summed E-state index contributed by atoms with van der Waals surface area (Å²) in [5, 5.41) is 5.32. The van der Waals surface area contributed by atoms with Crippen molar-refractivity contribution in [2.24, 2.45) is 0 Å². The number of halogens is 2. The van der Waals surface area contributed by atoms with Crippen LogP contribution in [-0.2, 0) is 27.3 Å². The molecule has 4 heteroatoms. The molecule has 0 aliphatic heterocycles. The van der Waals surface area contributed by atoms with Crippen molar-refractivity contribution in [2.45, 2.75) is 6.42 Å². The topological polar surface area (TPSA) is 0 Å². The van der Waals surface area contributed by atoms with Gasteiger partial charge in [-0.3, -0.25) is 0 Å². The summed E-state index contributed by atoms with van der Waals surface area (Å²) in [7, 11) is 12.5. The van der Waals surface area contributed by atoms with Gasteiger partial charge in [0.2, 0.25) is 0 Å². The molecule has 0 fully saturated rings. The van der Waals surface area contributed by atoms with Gasteiger partial charge >= 0.3 is 37.9 Å². The zero-order valence-corrected chi connectivity index (χ0v) is 21.7. The van der Waals surface area contributed by atoms with Crippen LogP contribution in [0.25, 0.3) is 21.5 Å². The molecule has 0 saturated carbocycles. The minimum absolute atomic E-state index is 0.826. The maximum absolute atomic E-state index is 4.93. The second-order valence-corrected chi connectivity index (χ2v) is 10.5. The molecular weight excluding hydrogens is 503 g/mol. The van der Waals surface area contributed by atoms with Crippen LogP contribution in [0.3, 0.4) is 0 Å². The van der Waals surface area contributed by atoms with Crippen molar-refractivity contribution in [1.29, 1.82) is 0 Å². The van der Waals surface area contributed by atoms with Crippen LogP contribution in [0.15, 0.2) is 115 Å². The van der Waals surface area contributed by atoms with Gasteiger partial charge in [-0.25, -0.2) is 0 Å². The Morgan fingerprint density at radius 3 is 1.53 bits per heavy atom. The Balaban J connectivity index is 0.000000150. The third-order valence-corrected chi connectivity index (χ3v) is 4.53. The van der Waals surface area contributed by atoms with Gasteiger partial charge in [-0.2, -0.15) is 35.0 Å². The van der Waals surface area contributed by atoms with E-state index in [-0.39, 0.29) is 0 Å². The summed E-state index contributed by atoms with van der Waals surface area (Å²) < 4.78 is 0. The van der Waals surface area contributed by atoms with Crippen LogP contribution in [0.4, 0.5) is 0 Å². The van der Waals surface area contributed by atoms with E-state index in [1.54, 1.807) is 0 Å². The van der Waals surface area contributed by atoms with Crippen molar-refractivity contribution >= 4 is 54.1 Å². The second kappa shape index (κ2) is 15.3. The fourth-order valence-electron chi connectivity index (χ4n) is 2.89. The SMILES string of the molecule is [Cl][Zr+2][Cl].[SiH]=CCc1ccccc1.c1ccc2[cH-]ccc2c1.c1ccc2[cH-]ccc2c1. The van der Waals surface area contributed by atoms with Gasteiger partial charge in [0, 0.05) is 0 Å². The maximum Gasteiger partial charge on any atom is -0.00508 e. The van der Waals surface area contributed by atoms with Crippen molar-refractivity contribution in [1.82, 2.24) is 0 Å². The smallest absolute Gasteiger partial charge is 0.00508 e. The second-order valence-electron chi connectivity index (χ2n) is 6.31. The fraction of sp³-hybridized carbons (Fsp3) is 0.0385. The average molecular weight is 526 g/mol. The van der Waals surface area contributed by atoms with Gasteiger partial charge in [0.05, 0.1) is 0 Å². The maximum atomic E-state index is 4.93. The molecule has 0 aromatic heterocycles. The number of fused-ring (bicyclic) bond motifs is 2. The predicted molar refractivity (Wildman–Crippen MR) is 134 cm³/mol. The molecule has 0 atom stereocenters. The summed E-state index contributed by atoms with van der Waals surface area (Å²) in [4.78, 5) is 0. The number of hydrogen-bond acceptors (Lipinski definition) is 0. The summed E-state index contributed by atoms with van der Waals surface area (Å²) in [6, 6.07) is 39.7. The summed E-state index contributed by atoms with van der Waals surface area (Å²) in [5.41, 5.74) is 3.45. The van der Waals surface area contributed by atoms with E-state index >= 15 is 0 Å². The normalized spacial score (nSPS) is 9.13. The van der Waals surface area contributed by atoms with Gasteiger partial charge in [0.15, 0.2) is 0 Å². The van der Waals surface area contributed by atoms with E-state index in [1.165, 1.54) is 27.1 Å². The van der Waals surface area contributed by atoms with Gasteiger partial charge < -0.3 is 0 Å². The zero-order chi connectivity index (χ0) is 21.4. The molecule has 0 amide bonds. The first-order valence-corrected chi connectivity index (χ1v) is 16.5. The summed E-state index contributed by atoms with van der Waals surface area (Å²) in [6.07, 6.45) is 1.05. The molecule has 0 bridgehead atoms. The molecule has 5 aromatic carbocycles. The first kappa shape index (κ1) is 24.7. The molecule has 0 saturated heterocycles. The average Bonchev–Trinajstić information content (AvgIpc) is 3.46. The van der Waals surface area contributed by atoms with E-state index < -0.39 is 20.8 Å². The Morgan fingerprint density at radius 2 is 1.10 bits per heavy atom. The monoisotopic (exact) mass is 523 g/mol. The van der Waals surface area contributed by atoms with Crippen LogP contribution in [0, 0.1) is 0 Å². The zero-order valence-electron chi connectivity index (χ0n) is 16.6. The standard InChI is InChI=1S/2C9H7.C8H9Si.2ClH.Zr/c2*1-2-5-9-7-3-6-8(9)4-1;9-7-6-8-4-2-1-3-5-8;;;/h2*1-7H;1-5,7,9H,6H2;2*1H;/q2*-1;;;;+4/p-2. The molecule has 30 heavy (non-hydrogen) atoms. The van der Waals surface area contributed by atoms with E-state index in [0.717, 1.165) is 6.42 Å². The Morgan fingerprint density at radius 1 is 0.667 bits per heavy atom. The van der Waals surface area contributed by atoms with Gasteiger partial charge in [-0.05, 0) is 21.8 Å². The van der Waals surface area contributed by atoms with Crippen LogP contribution in [0.2, 0.25) is 0 Å². The molecule has 1 radical (unpaired) electrons. The molecule has 5 rings (SSSR count). The van der Waals surface area contributed by atoms with Crippen LogP contribution >= 0.6 is 17.0 Å². The molecule has 5 aromatic rings. The molecule has 0 aliphatic rings. The van der Waals surface area contributed by atoms with Gasteiger partial charge in [-0.15, -0.1) is 65.0 Å². The van der Waals surface area contributed by atoms with Crippen molar-refractivity contribution in [3.05, 3.63) is 121 Å². The Labute approximate surface area is 200 Å². The minimum atomic E-state index is -0.826. The number of benzene rings is 3. The molecule has 0 unspecified atom stereocenters. The van der Waals surface area contributed by atoms with Crippen LogP contribution in [-0.4, -0.2) is 15.5 Å². The first-order valence-electron chi connectivity index (χ1n) is 9.53. The Bertz CT molecular complexity index is 973. The Kier molecular flexibility index (Phi) is 12.6. The van der Waals surface area contributed by atoms with Crippen molar-refractivity contribution < 1.29 is 20.8 Å². The van der Waals surface area contributed by atoms with Crippen LogP contribution in [0.5, 0.6) is 0 Å². The van der Waals surface area contributed by atoms with Gasteiger partial charge in [-0.1, -0.05) is 42.5 Å². The summed E-state index contributed by atoms with van der Waals surface area (Å²) in [6.45, 7) is 0. The molecule has 0 N–H and O–H groups in total. The number of hydrogen-bond donors (Lipinski definition) is 0. The van der Waals surface area contributed by atoms with E-state index in [2.05, 4.69) is 125 Å². The molecule has 0 aliphatic carbocycles. The van der Waals surface area contributed by atoms with Gasteiger partial charge in [0.25, 0.3) is 0 Å². The number of rotatable bonds is 2. The van der Waals surface area contributed by atoms with E-state index in [4.69, 9.17) is 17.0 Å². The fourth-order valence-corrected chi connectivity index (χ4v) is 3.16. The van der Waals surface area contributed by atoms with E-state index in [9.17, 15) is 0 Å². The van der Waals surface area contributed by atoms with Crippen molar-refractivity contribution in [2.75, 3.05) is 0 Å². The predicted octanol–water partition coefficient (Wildman–Crippen LogP) is 7.43. The van der Waals surface area contributed by atoms with Crippen molar-refractivity contribution in [3.8, 4) is 0 Å². The third-order valence-electron chi connectivity index (χ3n) is 4.29. The molecule has 0 spiro atoms. The Hall–Kier alpha value is -1.57. The first-order chi connectivity index (χ1) is 14.8. The minimum Gasteiger partial charge on any atom is -0.168 e. The molecule has 149 valence electrons. The molecule has 0 nitrogen and oxygen atoms in total. The molecule has 0 heterocycles.